The largest absolute Gasteiger partial charge is 0.479 e. The second-order valence-electron chi connectivity index (χ2n) is 3.45. The molecule has 21 heavy (non-hydrogen) atoms. The summed E-state index contributed by atoms with van der Waals surface area (Å²) >= 11 is 0. The summed E-state index contributed by atoms with van der Waals surface area (Å²) in [5.74, 6) is -3.56. The Morgan fingerprint density at radius 2 is 0.857 bits per heavy atom. The highest BCUT2D eigenvalue weighted by Gasteiger charge is 2.02. The van der Waals surface area contributed by atoms with Gasteiger partial charge in [0.15, 0.2) is 0 Å². The molecule has 0 spiro atoms. The summed E-state index contributed by atoms with van der Waals surface area (Å²) in [5, 5.41) is 47.3. The quantitative estimate of drug-likeness (QED) is 0.316. The van der Waals surface area contributed by atoms with Crippen LogP contribution in [0, 0.1) is 0 Å². The van der Waals surface area contributed by atoms with Crippen molar-refractivity contribution in [2.75, 3.05) is 0 Å². The molecule has 9 nitrogen and oxygen atoms in total. The summed E-state index contributed by atoms with van der Waals surface area (Å²) in [6.07, 6.45) is -3.69. The molecule has 0 saturated carbocycles. The minimum atomic E-state index is -1.23. The average molecular weight is 328 g/mol. The minimum absolute atomic E-state index is 1.13. The Hall–Kier alpha value is -1.75. The molecule has 0 aromatic heterocycles. The Kier molecular flexibility index (Phi) is 24.0. The number of hydrogen-bond acceptors (Lipinski definition) is 6. The summed E-state index contributed by atoms with van der Waals surface area (Å²) in [4.78, 5) is 28.3. The van der Waals surface area contributed by atoms with Crippen LogP contribution in [0.4, 0.5) is 0 Å². The standard InChI is InChI=1S/3C3H6O3.C2H6Si/c3*1-2(4)3(5)6;1-2-3/h3*2,4H,1H3,(H,5,6);2H,1H2,3H3. The van der Waals surface area contributed by atoms with Crippen molar-refractivity contribution >= 4 is 28.2 Å². The predicted molar refractivity (Wildman–Crippen MR) is 78.1 cm³/mol. The number of carboxylic acids is 3. The average Bonchev–Trinajstić information content (AvgIpc) is 2.30. The summed E-state index contributed by atoms with van der Waals surface area (Å²) in [5.41, 5.74) is 1.89. The first kappa shape index (κ1) is 27.6. The van der Waals surface area contributed by atoms with Crippen LogP contribution < -0.4 is 0 Å². The zero-order valence-corrected chi connectivity index (χ0v) is 14.4. The Bertz CT molecular complexity index is 257. The van der Waals surface area contributed by atoms with Crippen molar-refractivity contribution in [3.05, 3.63) is 12.3 Å². The maximum absolute atomic E-state index is 9.45. The van der Waals surface area contributed by atoms with Crippen molar-refractivity contribution in [1.29, 1.82) is 0 Å². The predicted octanol–water partition coefficient (Wildman–Crippen LogP) is -2.15. The molecule has 0 aromatic rings. The van der Waals surface area contributed by atoms with Gasteiger partial charge in [-0.15, -0.1) is 12.3 Å². The van der Waals surface area contributed by atoms with E-state index in [2.05, 4.69) is 6.58 Å². The van der Waals surface area contributed by atoms with E-state index in [-0.39, 0.29) is 0 Å². The molecule has 0 amide bonds. The molecular formula is C11H24O9Si. The summed E-state index contributed by atoms with van der Waals surface area (Å²) in [6.45, 7) is 7.01. The highest BCUT2D eigenvalue weighted by Crippen LogP contribution is 1.74. The molecule has 126 valence electrons. The van der Waals surface area contributed by atoms with Gasteiger partial charge < -0.3 is 30.6 Å². The normalized spacial score (nSPS) is 12.5. The van der Waals surface area contributed by atoms with Gasteiger partial charge in [0.05, 0.1) is 0 Å². The van der Waals surface area contributed by atoms with Gasteiger partial charge in [0, 0.05) is 10.2 Å². The molecule has 0 aliphatic carbocycles. The van der Waals surface area contributed by atoms with Gasteiger partial charge in [-0.05, 0) is 20.8 Å². The number of aliphatic carboxylic acids is 3. The van der Waals surface area contributed by atoms with Gasteiger partial charge in [0.25, 0.3) is 0 Å². The first-order valence-electron chi connectivity index (χ1n) is 5.64. The van der Waals surface area contributed by atoms with Crippen LogP contribution >= 0.6 is 0 Å². The topological polar surface area (TPSA) is 173 Å². The van der Waals surface area contributed by atoms with E-state index in [0.29, 0.717) is 0 Å². The number of aliphatic hydroxyl groups excluding tert-OH is 3. The third kappa shape index (κ3) is 45.9. The molecule has 0 aliphatic rings. The number of hydrogen-bond donors (Lipinski definition) is 6. The summed E-state index contributed by atoms with van der Waals surface area (Å²) < 4.78 is 0. The van der Waals surface area contributed by atoms with Crippen LogP contribution in [0.25, 0.3) is 0 Å². The van der Waals surface area contributed by atoms with E-state index in [0.717, 1.165) is 10.2 Å². The van der Waals surface area contributed by atoms with Crippen LogP contribution in [-0.4, -0.2) is 77.1 Å². The summed E-state index contributed by atoms with van der Waals surface area (Å²) in [7, 11) is 1.13. The Morgan fingerprint density at radius 1 is 0.810 bits per heavy atom. The van der Waals surface area contributed by atoms with Crippen LogP contribution in [-0.2, 0) is 14.4 Å². The van der Waals surface area contributed by atoms with E-state index in [1.54, 1.807) is 0 Å². The monoisotopic (exact) mass is 328 g/mol. The van der Waals surface area contributed by atoms with E-state index in [9.17, 15) is 14.4 Å². The lowest BCUT2D eigenvalue weighted by atomic mass is 10.4. The first-order valence-corrected chi connectivity index (χ1v) is 6.80. The molecule has 0 saturated heterocycles. The number of carboxylic acid groups (broad SMARTS) is 3. The van der Waals surface area contributed by atoms with Gasteiger partial charge in [0.2, 0.25) is 0 Å². The number of aliphatic hydroxyl groups is 3. The minimum Gasteiger partial charge on any atom is -0.479 e. The maximum Gasteiger partial charge on any atom is 0.332 e. The van der Waals surface area contributed by atoms with Crippen LogP contribution in [0.3, 0.4) is 0 Å². The molecule has 0 aromatic carbocycles. The molecule has 0 heterocycles. The van der Waals surface area contributed by atoms with Crippen molar-refractivity contribution < 1.29 is 45.0 Å². The number of rotatable bonds is 3. The lowest BCUT2D eigenvalue weighted by molar-refractivity contribution is -0.146. The molecule has 3 unspecified atom stereocenters. The van der Waals surface area contributed by atoms with E-state index in [4.69, 9.17) is 30.6 Å². The van der Waals surface area contributed by atoms with E-state index in [1.807, 2.05) is 5.70 Å². The SMILES string of the molecule is C=C[SiH3].CC(O)C(=O)O.CC(O)C(=O)O.CC(O)C(=O)O. The lowest BCUT2D eigenvalue weighted by Crippen LogP contribution is -2.13. The van der Waals surface area contributed by atoms with Crippen molar-refractivity contribution in [2.24, 2.45) is 0 Å². The van der Waals surface area contributed by atoms with Gasteiger partial charge >= 0.3 is 17.9 Å². The molecule has 0 bridgehead atoms. The van der Waals surface area contributed by atoms with E-state index >= 15 is 0 Å². The third-order valence-corrected chi connectivity index (χ3v) is 1.07. The third-order valence-electron chi connectivity index (χ3n) is 1.07. The molecular weight excluding hydrogens is 304 g/mol. The van der Waals surface area contributed by atoms with Gasteiger partial charge in [-0.1, -0.05) is 0 Å². The fraction of sp³-hybridized carbons (Fsp3) is 0.545. The molecule has 0 fully saturated rings. The molecule has 6 N–H and O–H groups in total. The Morgan fingerprint density at radius 3 is 0.857 bits per heavy atom. The zero-order valence-electron chi connectivity index (χ0n) is 12.4. The van der Waals surface area contributed by atoms with Crippen molar-refractivity contribution in [2.45, 2.75) is 39.1 Å². The highest BCUT2D eigenvalue weighted by molar-refractivity contribution is 6.16. The highest BCUT2D eigenvalue weighted by atomic mass is 28.1. The molecule has 10 heteroatoms. The molecule has 0 aliphatic heterocycles. The van der Waals surface area contributed by atoms with Crippen LogP contribution in [0.15, 0.2) is 12.3 Å². The van der Waals surface area contributed by atoms with Crippen LogP contribution in [0.2, 0.25) is 0 Å². The second kappa shape index (κ2) is 18.2. The second-order valence-corrected chi connectivity index (χ2v) is 4.27. The Labute approximate surface area is 125 Å². The molecule has 0 radical (unpaired) electrons. The lowest BCUT2D eigenvalue weighted by Gasteiger charge is -1.89. The van der Waals surface area contributed by atoms with Crippen molar-refractivity contribution in [1.82, 2.24) is 0 Å². The van der Waals surface area contributed by atoms with Gasteiger partial charge in [0.1, 0.15) is 18.3 Å². The zero-order chi connectivity index (χ0) is 18.2. The Balaban J connectivity index is -0.0000000944. The van der Waals surface area contributed by atoms with E-state index in [1.165, 1.54) is 20.8 Å². The fourth-order valence-corrected chi connectivity index (χ4v) is 0. The maximum atomic E-state index is 9.45. The molecule has 3 atom stereocenters. The van der Waals surface area contributed by atoms with Crippen LogP contribution in [0.1, 0.15) is 20.8 Å². The van der Waals surface area contributed by atoms with Crippen molar-refractivity contribution in [3.63, 3.8) is 0 Å². The van der Waals surface area contributed by atoms with E-state index < -0.39 is 36.2 Å². The smallest absolute Gasteiger partial charge is 0.332 e. The first-order chi connectivity index (χ1) is 9.34. The van der Waals surface area contributed by atoms with Gasteiger partial charge in [-0.3, -0.25) is 0 Å². The van der Waals surface area contributed by atoms with Crippen molar-refractivity contribution in [3.8, 4) is 0 Å². The van der Waals surface area contributed by atoms with Crippen LogP contribution in [0.5, 0.6) is 0 Å². The van der Waals surface area contributed by atoms with Gasteiger partial charge in [-0.2, -0.15) is 0 Å². The van der Waals surface area contributed by atoms with Gasteiger partial charge in [-0.25, -0.2) is 14.4 Å². The summed E-state index contributed by atoms with van der Waals surface area (Å²) in [6, 6.07) is 0. The number of carbonyl (C=O) groups is 3. The molecule has 0 rings (SSSR count). The fourth-order valence-electron chi connectivity index (χ4n) is 0.